The summed E-state index contributed by atoms with van der Waals surface area (Å²) in [4.78, 5) is 17.5. The number of benzene rings is 1. The molecule has 4 aliphatic heterocycles. The fourth-order valence-corrected chi connectivity index (χ4v) is 5.68. The van der Waals surface area contributed by atoms with E-state index in [1.807, 2.05) is 24.3 Å². The Balaban J connectivity index is 1.33. The predicted octanol–water partition coefficient (Wildman–Crippen LogP) is 3.39. The highest BCUT2D eigenvalue weighted by Gasteiger charge is 2.34. The highest BCUT2D eigenvalue weighted by molar-refractivity contribution is 8.14. The lowest BCUT2D eigenvalue weighted by Gasteiger charge is -2.44. The number of carbonyl (C=O) groups excluding carboxylic acids is 1. The summed E-state index contributed by atoms with van der Waals surface area (Å²) in [6, 6.07) is 8.30. The van der Waals surface area contributed by atoms with Crippen LogP contribution in [0.5, 0.6) is 0 Å². The summed E-state index contributed by atoms with van der Waals surface area (Å²) >= 11 is 3.50. The van der Waals surface area contributed by atoms with E-state index in [9.17, 15) is 4.79 Å². The van der Waals surface area contributed by atoms with E-state index in [0.29, 0.717) is 12.0 Å². The maximum absolute atomic E-state index is 12.5. The molecule has 1 aromatic rings. The molecule has 0 spiro atoms. The second-order valence-corrected chi connectivity index (χ2v) is 9.35. The van der Waals surface area contributed by atoms with E-state index in [0.717, 1.165) is 18.7 Å². The number of nitrogens with one attached hydrogen (secondary N) is 1. The molecule has 1 atom stereocenters. The third-order valence-corrected chi connectivity index (χ3v) is 7.16. The average molecular weight is 362 g/mol. The lowest BCUT2D eigenvalue weighted by atomic mass is 9.84. The van der Waals surface area contributed by atoms with Gasteiger partial charge in [-0.15, -0.1) is 0 Å². The SMILES string of the molecule is CC1=CCN(Sc2ccc(C(=O)N[C@H]3CN4CCC3CC4)cc2)S1. The van der Waals surface area contributed by atoms with Gasteiger partial charge in [0.1, 0.15) is 0 Å². The number of piperidine rings is 3. The molecule has 0 unspecified atom stereocenters. The molecule has 1 N–H and O–H groups in total. The summed E-state index contributed by atoms with van der Waals surface area (Å²) in [6.45, 7) is 6.51. The van der Waals surface area contributed by atoms with Crippen LogP contribution < -0.4 is 5.32 Å². The average Bonchev–Trinajstić information content (AvgIpc) is 3.01. The Labute approximate surface area is 152 Å². The minimum atomic E-state index is 0.0679. The van der Waals surface area contributed by atoms with Gasteiger partial charge in [-0.3, -0.25) is 4.79 Å². The molecule has 0 aromatic heterocycles. The van der Waals surface area contributed by atoms with Crippen molar-refractivity contribution in [1.29, 1.82) is 0 Å². The fraction of sp³-hybridized carbons (Fsp3) is 0.500. The molecule has 2 bridgehead atoms. The van der Waals surface area contributed by atoms with E-state index >= 15 is 0 Å². The molecule has 0 aliphatic carbocycles. The molecular weight excluding hydrogens is 338 g/mol. The monoisotopic (exact) mass is 361 g/mol. The van der Waals surface area contributed by atoms with Gasteiger partial charge in [0.25, 0.3) is 5.91 Å². The van der Waals surface area contributed by atoms with Gasteiger partial charge in [0.15, 0.2) is 0 Å². The lowest BCUT2D eigenvalue weighted by Crippen LogP contribution is -2.57. The van der Waals surface area contributed by atoms with Crippen LogP contribution in [0.4, 0.5) is 0 Å². The number of hydrogen-bond acceptors (Lipinski definition) is 5. The van der Waals surface area contributed by atoms with Crippen LogP contribution in [-0.4, -0.2) is 46.7 Å². The van der Waals surface area contributed by atoms with Gasteiger partial charge in [-0.2, -0.15) is 3.71 Å². The second-order valence-electron chi connectivity index (χ2n) is 6.76. The van der Waals surface area contributed by atoms with Gasteiger partial charge < -0.3 is 10.2 Å². The molecule has 4 heterocycles. The summed E-state index contributed by atoms with van der Waals surface area (Å²) in [5.74, 6) is 0.732. The number of rotatable bonds is 4. The van der Waals surface area contributed by atoms with Crippen molar-refractivity contribution < 1.29 is 4.79 Å². The summed E-state index contributed by atoms with van der Waals surface area (Å²) in [6.07, 6.45) is 4.68. The van der Waals surface area contributed by atoms with Gasteiger partial charge in [0.2, 0.25) is 0 Å². The molecule has 3 saturated heterocycles. The Morgan fingerprint density at radius 2 is 2.00 bits per heavy atom. The highest BCUT2D eigenvalue weighted by Crippen LogP contribution is 2.37. The molecule has 1 aromatic carbocycles. The van der Waals surface area contributed by atoms with E-state index in [1.54, 1.807) is 23.9 Å². The van der Waals surface area contributed by atoms with E-state index in [2.05, 4.69) is 26.9 Å². The lowest BCUT2D eigenvalue weighted by molar-refractivity contribution is 0.0620. The van der Waals surface area contributed by atoms with Crippen molar-refractivity contribution in [1.82, 2.24) is 13.9 Å². The minimum Gasteiger partial charge on any atom is -0.348 e. The van der Waals surface area contributed by atoms with Crippen LogP contribution in [-0.2, 0) is 0 Å². The number of allylic oxidation sites excluding steroid dienone is 1. The largest absolute Gasteiger partial charge is 0.348 e. The van der Waals surface area contributed by atoms with Crippen molar-refractivity contribution in [3.8, 4) is 0 Å². The van der Waals surface area contributed by atoms with E-state index in [4.69, 9.17) is 0 Å². The van der Waals surface area contributed by atoms with E-state index in [1.165, 1.54) is 35.7 Å². The summed E-state index contributed by atoms with van der Waals surface area (Å²) in [5, 5.41) is 3.25. The van der Waals surface area contributed by atoms with Crippen molar-refractivity contribution in [3.05, 3.63) is 40.8 Å². The molecule has 24 heavy (non-hydrogen) atoms. The topological polar surface area (TPSA) is 35.6 Å². The Bertz CT molecular complexity index is 638. The van der Waals surface area contributed by atoms with Crippen molar-refractivity contribution in [2.24, 2.45) is 5.92 Å². The molecule has 3 fully saturated rings. The summed E-state index contributed by atoms with van der Waals surface area (Å²) < 4.78 is 2.25. The molecule has 6 heteroatoms. The van der Waals surface area contributed by atoms with Crippen LogP contribution in [0, 0.1) is 5.92 Å². The zero-order valence-electron chi connectivity index (χ0n) is 13.9. The maximum atomic E-state index is 12.5. The molecule has 1 amide bonds. The molecule has 0 radical (unpaired) electrons. The number of carbonyl (C=O) groups is 1. The normalized spacial score (nSPS) is 29.5. The fourth-order valence-electron chi connectivity index (χ4n) is 3.66. The van der Waals surface area contributed by atoms with Crippen LogP contribution in [0.1, 0.15) is 30.1 Å². The number of amides is 1. The van der Waals surface area contributed by atoms with Crippen molar-refractivity contribution in [2.75, 3.05) is 26.2 Å². The number of hydrogen-bond donors (Lipinski definition) is 1. The van der Waals surface area contributed by atoms with Gasteiger partial charge in [0, 0.05) is 29.6 Å². The molecular formula is C18H23N3OS2. The van der Waals surface area contributed by atoms with Gasteiger partial charge in [0.05, 0.1) is 0 Å². The Hall–Kier alpha value is -0.950. The smallest absolute Gasteiger partial charge is 0.251 e. The molecule has 4 nitrogen and oxygen atoms in total. The Morgan fingerprint density at radius 1 is 1.25 bits per heavy atom. The molecule has 0 saturated carbocycles. The van der Waals surface area contributed by atoms with Gasteiger partial charge >= 0.3 is 0 Å². The number of fused-ring (bicyclic) bond motifs is 3. The first kappa shape index (κ1) is 16.5. The van der Waals surface area contributed by atoms with Gasteiger partial charge in [-0.05, 0) is 91.8 Å². The minimum absolute atomic E-state index is 0.0679. The summed E-state index contributed by atoms with van der Waals surface area (Å²) in [7, 11) is 0. The molecule has 4 aliphatic rings. The van der Waals surface area contributed by atoms with Crippen molar-refractivity contribution >= 4 is 29.8 Å². The zero-order chi connectivity index (χ0) is 16.5. The first-order chi connectivity index (χ1) is 11.7. The van der Waals surface area contributed by atoms with Crippen LogP contribution in [0.25, 0.3) is 0 Å². The van der Waals surface area contributed by atoms with Crippen LogP contribution in [0.15, 0.2) is 40.1 Å². The van der Waals surface area contributed by atoms with Crippen molar-refractivity contribution in [2.45, 2.75) is 30.7 Å². The van der Waals surface area contributed by atoms with Gasteiger partial charge in [-0.1, -0.05) is 6.08 Å². The first-order valence-electron chi connectivity index (χ1n) is 8.61. The van der Waals surface area contributed by atoms with Crippen LogP contribution in [0.3, 0.4) is 0 Å². The zero-order valence-corrected chi connectivity index (χ0v) is 15.5. The Morgan fingerprint density at radius 3 is 2.58 bits per heavy atom. The standard InChI is InChI=1S/C18H23N3OS2/c1-13-6-11-21(23-13)24-16-4-2-15(3-5-16)18(22)19-17-12-20-9-7-14(17)8-10-20/h2-6,14,17H,7-12H2,1H3,(H,19,22)/t17-/m0/s1. The predicted molar refractivity (Wildman–Crippen MR) is 101 cm³/mol. The van der Waals surface area contributed by atoms with E-state index in [-0.39, 0.29) is 5.91 Å². The number of nitrogens with zero attached hydrogens (tertiary/aromatic N) is 2. The third kappa shape index (κ3) is 3.67. The van der Waals surface area contributed by atoms with Crippen molar-refractivity contribution in [3.63, 3.8) is 0 Å². The van der Waals surface area contributed by atoms with Crippen LogP contribution >= 0.6 is 23.9 Å². The maximum Gasteiger partial charge on any atom is 0.251 e. The highest BCUT2D eigenvalue weighted by atomic mass is 32.2. The molecule has 128 valence electrons. The first-order valence-corrected chi connectivity index (χ1v) is 10.2. The Kier molecular flexibility index (Phi) is 4.90. The summed E-state index contributed by atoms with van der Waals surface area (Å²) in [5.41, 5.74) is 0.763. The third-order valence-electron chi connectivity index (χ3n) is 5.07. The second kappa shape index (κ2) is 7.12. The van der Waals surface area contributed by atoms with E-state index < -0.39 is 0 Å². The quantitative estimate of drug-likeness (QED) is 0.832. The molecule has 5 rings (SSSR count). The van der Waals surface area contributed by atoms with Crippen LogP contribution in [0.2, 0.25) is 0 Å². The van der Waals surface area contributed by atoms with Gasteiger partial charge in [-0.25, -0.2) is 0 Å².